The van der Waals surface area contributed by atoms with Crippen LogP contribution in [-0.2, 0) is 6.18 Å². The molecule has 22 heavy (non-hydrogen) atoms. The third kappa shape index (κ3) is 4.32. The zero-order valence-electron chi connectivity index (χ0n) is 10.7. The molecule has 0 saturated heterocycles. The molecule has 0 spiro atoms. The molecule has 2 aromatic rings. The van der Waals surface area contributed by atoms with Gasteiger partial charge in [-0.3, -0.25) is 4.79 Å². The van der Waals surface area contributed by atoms with E-state index in [2.05, 4.69) is 28.5 Å². The normalized spacial score (nSPS) is 12.2. The molecule has 2 aromatic carbocycles. The summed E-state index contributed by atoms with van der Waals surface area (Å²) in [6, 6.07) is 11.3. The first-order valence-corrected chi connectivity index (χ1v) is 7.45. The maximum Gasteiger partial charge on any atom is 0.416 e. The first-order chi connectivity index (χ1) is 10.3. The van der Waals surface area contributed by atoms with Crippen LogP contribution in [-0.4, -0.2) is 4.70 Å². The van der Waals surface area contributed by atoms with Gasteiger partial charge in [0, 0.05) is 9.79 Å². The summed E-state index contributed by atoms with van der Waals surface area (Å²) in [7, 11) is 0. The molecule has 0 aromatic heterocycles. The van der Waals surface area contributed by atoms with Crippen molar-refractivity contribution in [2.75, 3.05) is 5.32 Å². The molecular weight excluding hydrogens is 358 g/mol. The van der Waals surface area contributed by atoms with Crippen LogP contribution < -0.4 is 5.32 Å². The zero-order valence-corrected chi connectivity index (χ0v) is 13.1. The summed E-state index contributed by atoms with van der Waals surface area (Å²) >= 11 is 10.3. The number of carbonyl (C=O) groups is 1. The first kappa shape index (κ1) is 17.0. The predicted molar refractivity (Wildman–Crippen MR) is 82.4 cm³/mol. The lowest BCUT2D eigenvalue weighted by molar-refractivity contribution is -0.137. The second kappa shape index (κ2) is 6.81. The van der Waals surface area contributed by atoms with Crippen LogP contribution in [0.4, 0.5) is 29.3 Å². The number of para-hydroxylation sites is 1. The molecule has 116 valence electrons. The average molecular weight is 366 g/mol. The third-order valence-corrected chi connectivity index (χ3v) is 3.84. The van der Waals surface area contributed by atoms with E-state index >= 15 is 0 Å². The minimum absolute atomic E-state index is 0.508. The maximum atomic E-state index is 12.6. The molecule has 0 amide bonds. The number of carbonyl (C=O) groups excluding carboxylic acids is 1. The van der Waals surface area contributed by atoms with E-state index in [0.29, 0.717) is 5.69 Å². The molecular formula is C14H8Cl2F3NOS. The summed E-state index contributed by atoms with van der Waals surface area (Å²) in [5.41, 5.74) is 0.719. The molecule has 0 fully saturated rings. The van der Waals surface area contributed by atoms with Crippen LogP contribution in [0.15, 0.2) is 52.3 Å². The zero-order chi connectivity index (χ0) is 16.3. The molecule has 1 N–H and O–H groups in total. The summed E-state index contributed by atoms with van der Waals surface area (Å²) in [6.45, 7) is 0. The van der Waals surface area contributed by atoms with E-state index in [0.717, 1.165) is 27.6 Å². The molecule has 1 heterocycles. The van der Waals surface area contributed by atoms with Gasteiger partial charge in [0.1, 0.15) is 0 Å². The van der Waals surface area contributed by atoms with Gasteiger partial charge in [0.25, 0.3) is 0 Å². The van der Waals surface area contributed by atoms with Crippen molar-refractivity contribution in [3.05, 3.63) is 48.0 Å². The Hall–Kier alpha value is -1.37. The van der Waals surface area contributed by atoms with Crippen molar-refractivity contribution >= 4 is 51.0 Å². The SMILES string of the molecule is FC(F)(F)c1ccc2c(c1)Nc1ccccc1S2.O=C(Cl)Cl. The highest BCUT2D eigenvalue weighted by Gasteiger charge is 2.31. The van der Waals surface area contributed by atoms with Gasteiger partial charge in [-0.15, -0.1) is 0 Å². The van der Waals surface area contributed by atoms with Crippen molar-refractivity contribution < 1.29 is 18.0 Å². The monoisotopic (exact) mass is 365 g/mol. The Balaban J connectivity index is 0.000000396. The number of nitrogens with one attached hydrogen (secondary N) is 1. The van der Waals surface area contributed by atoms with Crippen LogP contribution in [0.1, 0.15) is 5.56 Å². The number of benzene rings is 2. The molecule has 0 bridgehead atoms. The number of hydrogen-bond donors (Lipinski definition) is 1. The van der Waals surface area contributed by atoms with Crippen molar-refractivity contribution in [1.82, 2.24) is 0 Å². The first-order valence-electron chi connectivity index (χ1n) is 5.87. The van der Waals surface area contributed by atoms with Gasteiger partial charge in [0.2, 0.25) is 0 Å². The van der Waals surface area contributed by atoms with Gasteiger partial charge >= 0.3 is 10.9 Å². The number of halogens is 5. The lowest BCUT2D eigenvalue weighted by atomic mass is 10.2. The van der Waals surface area contributed by atoms with Gasteiger partial charge in [0.05, 0.1) is 16.9 Å². The highest BCUT2D eigenvalue weighted by atomic mass is 35.5. The lowest BCUT2D eigenvalue weighted by Crippen LogP contribution is -2.07. The fourth-order valence-electron chi connectivity index (χ4n) is 1.82. The molecule has 3 rings (SSSR count). The number of alkyl halides is 3. The van der Waals surface area contributed by atoms with E-state index in [4.69, 9.17) is 4.79 Å². The Morgan fingerprint density at radius 3 is 2.23 bits per heavy atom. The standard InChI is InChI=1S/C13H8F3NS.CCl2O/c14-13(15,16)8-5-6-12-10(7-8)17-9-3-1-2-4-11(9)18-12;2-1(3)4/h1-7,17H;. The van der Waals surface area contributed by atoms with Crippen LogP contribution in [0.5, 0.6) is 0 Å². The molecule has 8 heteroatoms. The average Bonchev–Trinajstić information content (AvgIpc) is 2.43. The highest BCUT2D eigenvalue weighted by molar-refractivity contribution is 7.99. The van der Waals surface area contributed by atoms with Gasteiger partial charge in [0.15, 0.2) is 0 Å². The summed E-state index contributed by atoms with van der Waals surface area (Å²) in [4.78, 5) is 10.8. The summed E-state index contributed by atoms with van der Waals surface area (Å²) in [6.07, 6.45) is -4.31. The number of rotatable bonds is 0. The van der Waals surface area contributed by atoms with Gasteiger partial charge in [-0.1, -0.05) is 23.9 Å². The van der Waals surface area contributed by atoms with E-state index < -0.39 is 16.4 Å². The lowest BCUT2D eigenvalue weighted by Gasteiger charge is -2.21. The molecule has 0 unspecified atom stereocenters. The van der Waals surface area contributed by atoms with Crippen LogP contribution in [0.25, 0.3) is 0 Å². The van der Waals surface area contributed by atoms with E-state index in [-0.39, 0.29) is 0 Å². The van der Waals surface area contributed by atoms with Crippen LogP contribution >= 0.6 is 35.0 Å². The second-order valence-corrected chi connectivity index (χ2v) is 6.12. The van der Waals surface area contributed by atoms with E-state index in [1.54, 1.807) is 0 Å². The minimum atomic E-state index is -4.31. The van der Waals surface area contributed by atoms with E-state index in [9.17, 15) is 13.2 Å². The van der Waals surface area contributed by atoms with E-state index in [1.165, 1.54) is 17.8 Å². The highest BCUT2D eigenvalue weighted by Crippen LogP contribution is 2.45. The van der Waals surface area contributed by atoms with Gasteiger partial charge in [-0.05, 0) is 53.5 Å². The molecule has 0 aliphatic carbocycles. The van der Waals surface area contributed by atoms with Crippen LogP contribution in [0.2, 0.25) is 0 Å². The largest absolute Gasteiger partial charge is 0.416 e. The fourth-order valence-corrected chi connectivity index (χ4v) is 2.78. The number of fused-ring (bicyclic) bond motifs is 2. The second-order valence-electron chi connectivity index (χ2n) is 4.16. The molecule has 2 nitrogen and oxygen atoms in total. The smallest absolute Gasteiger partial charge is 0.354 e. The van der Waals surface area contributed by atoms with Crippen LogP contribution in [0, 0.1) is 0 Å². The topological polar surface area (TPSA) is 29.1 Å². The number of anilines is 2. The number of hydrogen-bond acceptors (Lipinski definition) is 3. The van der Waals surface area contributed by atoms with Crippen LogP contribution in [0.3, 0.4) is 0 Å². The summed E-state index contributed by atoms with van der Waals surface area (Å²) < 4.78 is 37.0. The fraction of sp³-hybridized carbons (Fsp3) is 0.0714. The predicted octanol–water partition coefficient (Wildman–Crippen LogP) is 6.50. The van der Waals surface area contributed by atoms with Crippen molar-refractivity contribution in [2.24, 2.45) is 0 Å². The van der Waals surface area contributed by atoms with Crippen molar-refractivity contribution in [3.8, 4) is 0 Å². The molecule has 1 aliphatic heterocycles. The van der Waals surface area contributed by atoms with E-state index in [1.807, 2.05) is 24.3 Å². The van der Waals surface area contributed by atoms with Gasteiger partial charge in [-0.25, -0.2) is 0 Å². The third-order valence-electron chi connectivity index (χ3n) is 2.68. The van der Waals surface area contributed by atoms with Crippen molar-refractivity contribution in [2.45, 2.75) is 16.0 Å². The molecule has 0 radical (unpaired) electrons. The summed E-state index contributed by atoms with van der Waals surface area (Å²) in [5, 5.41) is 3.03. The summed E-state index contributed by atoms with van der Waals surface area (Å²) in [5.74, 6) is 0. The Labute approximate surface area is 138 Å². The Morgan fingerprint density at radius 1 is 1.00 bits per heavy atom. The van der Waals surface area contributed by atoms with Crippen molar-refractivity contribution in [1.29, 1.82) is 0 Å². The molecule has 0 saturated carbocycles. The van der Waals surface area contributed by atoms with Crippen molar-refractivity contribution in [3.63, 3.8) is 0 Å². The van der Waals surface area contributed by atoms with Gasteiger partial charge in [-0.2, -0.15) is 13.2 Å². The molecule has 0 atom stereocenters. The Morgan fingerprint density at radius 2 is 1.59 bits per heavy atom. The maximum absolute atomic E-state index is 12.6. The van der Waals surface area contributed by atoms with Gasteiger partial charge < -0.3 is 5.32 Å². The quantitative estimate of drug-likeness (QED) is 0.461. The Kier molecular flexibility index (Phi) is 5.26. The molecule has 1 aliphatic rings. The Bertz CT molecular complexity index is 703. The minimum Gasteiger partial charge on any atom is -0.354 e.